The maximum absolute atomic E-state index is 12.6. The van der Waals surface area contributed by atoms with Crippen LogP contribution in [0.5, 0.6) is 11.5 Å². The molecular weight excluding hydrogens is 414 g/mol. The van der Waals surface area contributed by atoms with Gasteiger partial charge in [0.2, 0.25) is 0 Å². The van der Waals surface area contributed by atoms with E-state index in [0.717, 1.165) is 17.5 Å². The van der Waals surface area contributed by atoms with Crippen LogP contribution in [0.1, 0.15) is 48.1 Å². The third-order valence-electron chi connectivity index (χ3n) is 6.32. The molecule has 2 aliphatic heterocycles. The normalized spacial score (nSPS) is 20.6. The molecule has 32 heavy (non-hydrogen) atoms. The van der Waals surface area contributed by atoms with E-state index >= 15 is 0 Å². The number of benzene rings is 1. The molecule has 1 fully saturated rings. The first-order chi connectivity index (χ1) is 15.3. The number of aromatic carboxylic acids is 1. The lowest BCUT2D eigenvalue weighted by Gasteiger charge is -2.49. The molecule has 0 bridgehead atoms. The molecule has 8 heteroatoms. The summed E-state index contributed by atoms with van der Waals surface area (Å²) in [6, 6.07) is 5.18. The quantitative estimate of drug-likeness (QED) is 0.656. The first-order valence-electron chi connectivity index (χ1n) is 10.7. The van der Waals surface area contributed by atoms with Gasteiger partial charge in [-0.05, 0) is 17.7 Å². The molecule has 3 heterocycles. The van der Waals surface area contributed by atoms with E-state index in [1.54, 1.807) is 14.2 Å². The number of pyridine rings is 1. The molecular formula is C24H29NO7. The van der Waals surface area contributed by atoms with Gasteiger partial charge in [0.15, 0.2) is 16.9 Å². The Morgan fingerprint density at radius 2 is 2.00 bits per heavy atom. The number of hydrogen-bond acceptors (Lipinski definition) is 6. The fraction of sp³-hybridized carbons (Fsp3) is 0.500. The SMILES string of the molecule is COCCCOc1cc2c(cc1OC)-c1cc(=O)c(C(=O)O)cn1[C@H]1[C@@H]2COCC1(C)C. The van der Waals surface area contributed by atoms with Crippen molar-refractivity contribution in [1.82, 2.24) is 4.57 Å². The topological polar surface area (TPSA) is 96.2 Å². The number of ether oxygens (including phenoxy) is 4. The maximum Gasteiger partial charge on any atom is 0.341 e. The second-order valence-corrected chi connectivity index (χ2v) is 8.99. The Morgan fingerprint density at radius 3 is 2.69 bits per heavy atom. The van der Waals surface area contributed by atoms with Crippen molar-refractivity contribution in [2.45, 2.75) is 32.2 Å². The summed E-state index contributed by atoms with van der Waals surface area (Å²) in [5, 5.41) is 9.54. The monoisotopic (exact) mass is 443 g/mol. The van der Waals surface area contributed by atoms with E-state index in [4.69, 9.17) is 18.9 Å². The molecule has 172 valence electrons. The maximum atomic E-state index is 12.6. The predicted molar refractivity (Wildman–Crippen MR) is 118 cm³/mol. The molecule has 4 rings (SSSR count). The van der Waals surface area contributed by atoms with E-state index in [1.165, 1.54) is 12.3 Å². The summed E-state index contributed by atoms with van der Waals surface area (Å²) >= 11 is 0. The van der Waals surface area contributed by atoms with E-state index in [2.05, 4.69) is 13.8 Å². The highest BCUT2D eigenvalue weighted by Crippen LogP contribution is 2.54. The van der Waals surface area contributed by atoms with Crippen molar-refractivity contribution in [2.24, 2.45) is 5.41 Å². The number of fused-ring (bicyclic) bond motifs is 6. The number of nitrogens with zero attached hydrogens (tertiary/aromatic N) is 1. The number of carboxylic acids is 1. The first-order valence-corrected chi connectivity index (χ1v) is 10.7. The number of aromatic nitrogens is 1. The Morgan fingerprint density at radius 1 is 1.22 bits per heavy atom. The van der Waals surface area contributed by atoms with E-state index in [0.29, 0.717) is 43.6 Å². The number of rotatable bonds is 7. The summed E-state index contributed by atoms with van der Waals surface area (Å²) < 4.78 is 24.6. The van der Waals surface area contributed by atoms with Crippen molar-refractivity contribution in [3.8, 4) is 22.8 Å². The molecule has 1 N–H and O–H groups in total. The number of carbonyl (C=O) groups is 1. The van der Waals surface area contributed by atoms with Gasteiger partial charge in [0.25, 0.3) is 0 Å². The van der Waals surface area contributed by atoms with Crippen LogP contribution in [0.3, 0.4) is 0 Å². The Bertz CT molecular complexity index is 1090. The molecule has 2 atom stereocenters. The van der Waals surface area contributed by atoms with Gasteiger partial charge in [0, 0.05) is 49.3 Å². The Kier molecular flexibility index (Phi) is 6.01. The molecule has 0 aliphatic carbocycles. The molecule has 1 aromatic carbocycles. The minimum atomic E-state index is -1.23. The summed E-state index contributed by atoms with van der Waals surface area (Å²) in [6.07, 6.45) is 2.23. The molecule has 2 aromatic rings. The Balaban J connectivity index is 1.90. The lowest BCUT2D eigenvalue weighted by atomic mass is 9.70. The zero-order chi connectivity index (χ0) is 23.0. The summed E-state index contributed by atoms with van der Waals surface area (Å²) in [6.45, 7) is 6.31. The summed E-state index contributed by atoms with van der Waals surface area (Å²) in [5.74, 6) is -0.0770. The van der Waals surface area contributed by atoms with Crippen LogP contribution in [-0.2, 0) is 9.47 Å². The molecule has 1 aromatic heterocycles. The number of carboxylic acid groups (broad SMARTS) is 1. The van der Waals surface area contributed by atoms with Gasteiger partial charge in [-0.15, -0.1) is 0 Å². The molecule has 0 saturated carbocycles. The highest BCUT2D eigenvalue weighted by molar-refractivity contribution is 5.88. The minimum Gasteiger partial charge on any atom is -0.493 e. The number of hydrogen-bond donors (Lipinski definition) is 1. The Labute approximate surface area is 186 Å². The van der Waals surface area contributed by atoms with Crippen molar-refractivity contribution in [2.75, 3.05) is 40.6 Å². The fourth-order valence-corrected chi connectivity index (χ4v) is 4.92. The van der Waals surface area contributed by atoms with Gasteiger partial charge in [0.1, 0.15) is 5.56 Å². The molecule has 8 nitrogen and oxygen atoms in total. The van der Waals surface area contributed by atoms with Gasteiger partial charge >= 0.3 is 5.97 Å². The van der Waals surface area contributed by atoms with Crippen LogP contribution in [0.15, 0.2) is 29.2 Å². The third-order valence-corrected chi connectivity index (χ3v) is 6.32. The van der Waals surface area contributed by atoms with Gasteiger partial charge in [-0.3, -0.25) is 4.79 Å². The van der Waals surface area contributed by atoms with Gasteiger partial charge < -0.3 is 28.6 Å². The molecule has 0 amide bonds. The molecule has 0 spiro atoms. The van der Waals surface area contributed by atoms with Crippen molar-refractivity contribution < 1.29 is 28.8 Å². The highest BCUT2D eigenvalue weighted by atomic mass is 16.5. The summed E-state index contributed by atoms with van der Waals surface area (Å²) in [4.78, 5) is 24.3. The van der Waals surface area contributed by atoms with Gasteiger partial charge in [-0.25, -0.2) is 4.79 Å². The second-order valence-electron chi connectivity index (χ2n) is 8.99. The molecule has 2 aliphatic rings. The average Bonchev–Trinajstić information content (AvgIpc) is 2.75. The van der Waals surface area contributed by atoms with Crippen LogP contribution in [0.2, 0.25) is 0 Å². The van der Waals surface area contributed by atoms with E-state index in [-0.39, 0.29) is 22.9 Å². The third kappa shape index (κ3) is 3.78. The van der Waals surface area contributed by atoms with Crippen molar-refractivity contribution in [1.29, 1.82) is 0 Å². The van der Waals surface area contributed by atoms with Crippen molar-refractivity contribution in [3.05, 3.63) is 45.7 Å². The summed E-state index contributed by atoms with van der Waals surface area (Å²) in [5.41, 5.74) is 1.48. The summed E-state index contributed by atoms with van der Waals surface area (Å²) in [7, 11) is 3.22. The van der Waals surface area contributed by atoms with Crippen LogP contribution >= 0.6 is 0 Å². The van der Waals surface area contributed by atoms with E-state index < -0.39 is 11.4 Å². The molecule has 0 radical (unpaired) electrons. The van der Waals surface area contributed by atoms with Gasteiger partial charge in [-0.2, -0.15) is 0 Å². The standard InChI is InChI=1S/C24H29NO7/c1-24(2)13-31-12-17-14-8-21(32-7-5-6-29-3)20(30-4)9-15(14)18-10-19(26)16(23(27)28)11-25(18)22(17)24/h8-11,17,22H,5-7,12-13H2,1-4H3,(H,27,28)/t17-,22+/m1/s1. The van der Waals surface area contributed by atoms with Gasteiger partial charge in [0.05, 0.1) is 38.7 Å². The van der Waals surface area contributed by atoms with Crippen molar-refractivity contribution >= 4 is 5.97 Å². The zero-order valence-electron chi connectivity index (χ0n) is 18.8. The molecule has 0 unspecified atom stereocenters. The predicted octanol–water partition coefficient (Wildman–Crippen LogP) is 3.33. The molecule has 1 saturated heterocycles. The first kappa shape index (κ1) is 22.4. The van der Waals surface area contributed by atoms with Crippen molar-refractivity contribution in [3.63, 3.8) is 0 Å². The lowest BCUT2D eigenvalue weighted by molar-refractivity contribution is -0.0430. The zero-order valence-corrected chi connectivity index (χ0v) is 18.8. The smallest absolute Gasteiger partial charge is 0.341 e. The average molecular weight is 443 g/mol. The van der Waals surface area contributed by atoms with E-state index in [1.807, 2.05) is 16.7 Å². The number of methoxy groups -OCH3 is 2. The van der Waals surface area contributed by atoms with Crippen LogP contribution < -0.4 is 14.9 Å². The van der Waals surface area contributed by atoms with Crippen LogP contribution in [-0.4, -0.2) is 56.3 Å². The highest BCUT2D eigenvalue weighted by Gasteiger charge is 2.46. The Hall–Kier alpha value is -2.84. The second kappa shape index (κ2) is 8.60. The minimum absolute atomic E-state index is 0.0300. The fourth-order valence-electron chi connectivity index (χ4n) is 4.92. The van der Waals surface area contributed by atoms with Crippen LogP contribution in [0.4, 0.5) is 0 Å². The van der Waals surface area contributed by atoms with Gasteiger partial charge in [-0.1, -0.05) is 13.8 Å². The lowest BCUT2D eigenvalue weighted by Crippen LogP contribution is -2.45. The largest absolute Gasteiger partial charge is 0.493 e. The van der Waals surface area contributed by atoms with Crippen LogP contribution in [0, 0.1) is 5.41 Å². The van der Waals surface area contributed by atoms with E-state index in [9.17, 15) is 14.7 Å². The van der Waals surface area contributed by atoms with Crippen LogP contribution in [0.25, 0.3) is 11.3 Å².